The van der Waals surface area contributed by atoms with Crippen LogP contribution in [0.1, 0.15) is 167 Å². The average molecular weight is 800 g/mol. The van der Waals surface area contributed by atoms with E-state index in [4.69, 9.17) is 21.6 Å². The topological polar surface area (TPSA) is 69.7 Å². The summed E-state index contributed by atoms with van der Waals surface area (Å²) in [6.07, 6.45) is 40.4. The smallest absolute Gasteiger partial charge is 0.132 e. The van der Waals surface area contributed by atoms with Crippen LogP contribution in [0.2, 0.25) is 5.02 Å². The second-order valence-electron chi connectivity index (χ2n) is 17.4. The summed E-state index contributed by atoms with van der Waals surface area (Å²) >= 11 is 6.25. The van der Waals surface area contributed by atoms with Gasteiger partial charge < -0.3 is 10.2 Å². The highest BCUT2D eigenvalue weighted by Crippen LogP contribution is 2.40. The molecule has 3 aromatic heterocycles. The largest absolute Gasteiger partial charge is 0.369 e. The van der Waals surface area contributed by atoms with Crippen molar-refractivity contribution in [2.45, 2.75) is 167 Å². The third kappa shape index (κ3) is 14.3. The van der Waals surface area contributed by atoms with Gasteiger partial charge in [-0.15, -0.1) is 0 Å². The van der Waals surface area contributed by atoms with Crippen LogP contribution >= 0.6 is 11.6 Å². The Kier molecular flexibility index (Phi) is 18.9. The molecule has 0 spiro atoms. The van der Waals surface area contributed by atoms with Crippen LogP contribution in [-0.2, 0) is 0 Å². The molecule has 0 amide bonds. The van der Waals surface area contributed by atoms with E-state index in [9.17, 15) is 4.39 Å². The third-order valence-corrected chi connectivity index (χ3v) is 13.3. The maximum Gasteiger partial charge on any atom is 0.132 e. The normalized spacial score (nSPS) is 22.1. The second-order valence-corrected chi connectivity index (χ2v) is 17.9. The molecular formula is C49H72ClFN6. The SMILES string of the molecule is Fc1ccc(Cl)cc1-c1[nH]ncc1-c1ccc2ncc(N3CCNCCCCCCCCCCCCCCCCCCCCCCCCCC4CCC4C3)cc2n1. The molecule has 1 aromatic carbocycles. The molecule has 312 valence electrons. The lowest BCUT2D eigenvalue weighted by Gasteiger charge is -2.41. The average Bonchev–Trinajstić information content (AvgIpc) is 3.71. The van der Waals surface area contributed by atoms with Crippen LogP contribution in [0, 0.1) is 17.7 Å². The Bertz CT molecular complexity index is 1730. The van der Waals surface area contributed by atoms with E-state index in [0.717, 1.165) is 66.0 Å². The summed E-state index contributed by atoms with van der Waals surface area (Å²) in [5, 5.41) is 11.5. The zero-order valence-corrected chi connectivity index (χ0v) is 35.8. The quantitative estimate of drug-likeness (QED) is 0.216. The summed E-state index contributed by atoms with van der Waals surface area (Å²) in [5.74, 6) is 1.21. The number of aromatic nitrogens is 4. The van der Waals surface area contributed by atoms with Crippen molar-refractivity contribution < 1.29 is 4.39 Å². The van der Waals surface area contributed by atoms with E-state index < -0.39 is 0 Å². The number of nitrogens with one attached hydrogen (secondary N) is 2. The molecule has 0 radical (unpaired) electrons. The van der Waals surface area contributed by atoms with E-state index in [1.807, 2.05) is 18.3 Å². The van der Waals surface area contributed by atoms with Crippen molar-refractivity contribution in [3.63, 3.8) is 0 Å². The summed E-state index contributed by atoms with van der Waals surface area (Å²) in [6, 6.07) is 10.7. The number of hydrogen-bond acceptors (Lipinski definition) is 5. The van der Waals surface area contributed by atoms with E-state index in [0.29, 0.717) is 16.3 Å². The van der Waals surface area contributed by atoms with Crippen LogP contribution in [0.25, 0.3) is 33.5 Å². The van der Waals surface area contributed by atoms with Gasteiger partial charge in [0.25, 0.3) is 0 Å². The van der Waals surface area contributed by atoms with Gasteiger partial charge in [-0.25, -0.2) is 9.37 Å². The summed E-state index contributed by atoms with van der Waals surface area (Å²) < 4.78 is 14.9. The Hall–Kier alpha value is -3.03. The number of benzene rings is 1. The van der Waals surface area contributed by atoms with Gasteiger partial charge in [0.15, 0.2) is 0 Å². The molecule has 4 aromatic rings. The Morgan fingerprint density at radius 2 is 1.18 bits per heavy atom. The summed E-state index contributed by atoms with van der Waals surface area (Å²) in [4.78, 5) is 12.5. The fourth-order valence-electron chi connectivity index (χ4n) is 9.27. The monoisotopic (exact) mass is 799 g/mol. The minimum absolute atomic E-state index is 0.355. The van der Waals surface area contributed by atoms with Gasteiger partial charge in [0, 0.05) is 35.8 Å². The molecule has 2 N–H and O–H groups in total. The van der Waals surface area contributed by atoms with Gasteiger partial charge in [0.1, 0.15) is 5.82 Å². The summed E-state index contributed by atoms with van der Waals surface area (Å²) in [5.41, 5.74) is 5.22. The molecule has 6 rings (SSSR count). The molecule has 1 aliphatic carbocycles. The van der Waals surface area contributed by atoms with E-state index in [1.165, 1.54) is 173 Å². The minimum atomic E-state index is -0.355. The first-order valence-corrected chi connectivity index (χ1v) is 23.7. The molecule has 57 heavy (non-hydrogen) atoms. The van der Waals surface area contributed by atoms with Crippen molar-refractivity contribution in [2.75, 3.05) is 31.1 Å². The number of aromatic amines is 1. The van der Waals surface area contributed by atoms with Crippen LogP contribution in [0.3, 0.4) is 0 Å². The summed E-state index contributed by atoms with van der Waals surface area (Å²) in [7, 11) is 0. The molecule has 4 heterocycles. The van der Waals surface area contributed by atoms with Crippen LogP contribution in [0.15, 0.2) is 48.8 Å². The number of halogens is 2. The van der Waals surface area contributed by atoms with Gasteiger partial charge in [-0.3, -0.25) is 10.1 Å². The van der Waals surface area contributed by atoms with Gasteiger partial charge in [0.05, 0.1) is 40.5 Å². The summed E-state index contributed by atoms with van der Waals surface area (Å²) in [6.45, 7) is 4.07. The predicted molar refractivity (Wildman–Crippen MR) is 240 cm³/mol. The highest BCUT2D eigenvalue weighted by molar-refractivity contribution is 6.30. The minimum Gasteiger partial charge on any atom is -0.369 e. The number of fused-ring (bicyclic) bond motifs is 2. The molecule has 1 saturated heterocycles. The zero-order chi connectivity index (χ0) is 39.3. The van der Waals surface area contributed by atoms with Gasteiger partial charge >= 0.3 is 0 Å². The number of hydrogen-bond donors (Lipinski definition) is 2. The molecule has 1 saturated carbocycles. The predicted octanol–water partition coefficient (Wildman–Crippen LogP) is 14.3. The van der Waals surface area contributed by atoms with Gasteiger partial charge in [-0.05, 0) is 74.0 Å². The van der Waals surface area contributed by atoms with Crippen LogP contribution in [0.5, 0.6) is 0 Å². The number of pyridine rings is 2. The molecular weight excluding hydrogens is 727 g/mol. The molecule has 2 fully saturated rings. The van der Waals surface area contributed by atoms with Crippen molar-refractivity contribution in [3.8, 4) is 22.5 Å². The first kappa shape index (κ1) is 43.5. The zero-order valence-electron chi connectivity index (χ0n) is 35.0. The van der Waals surface area contributed by atoms with Crippen LogP contribution in [0.4, 0.5) is 10.1 Å². The Balaban J connectivity index is 1.07. The number of nitrogens with zero attached hydrogens (tertiary/aromatic N) is 4. The fourth-order valence-corrected chi connectivity index (χ4v) is 9.44. The number of H-pyrrole nitrogens is 1. The van der Waals surface area contributed by atoms with E-state index in [2.05, 4.69) is 26.5 Å². The number of rotatable bonds is 3. The van der Waals surface area contributed by atoms with Crippen molar-refractivity contribution in [1.29, 1.82) is 0 Å². The maximum absolute atomic E-state index is 14.9. The van der Waals surface area contributed by atoms with Crippen LogP contribution in [-0.4, -0.2) is 46.3 Å². The highest BCUT2D eigenvalue weighted by atomic mass is 35.5. The Morgan fingerprint density at radius 1 is 0.579 bits per heavy atom. The molecule has 2 unspecified atom stereocenters. The lowest BCUT2D eigenvalue weighted by molar-refractivity contribution is 0.164. The second kappa shape index (κ2) is 24.8. The lowest BCUT2D eigenvalue weighted by atomic mass is 9.71. The molecule has 1 aliphatic heterocycles. The molecule has 0 bridgehead atoms. The first-order chi connectivity index (χ1) is 28.2. The highest BCUT2D eigenvalue weighted by Gasteiger charge is 2.32. The van der Waals surface area contributed by atoms with Gasteiger partial charge in [-0.2, -0.15) is 5.10 Å². The van der Waals surface area contributed by atoms with E-state index in [-0.39, 0.29) is 5.82 Å². The third-order valence-electron chi connectivity index (χ3n) is 13.0. The van der Waals surface area contributed by atoms with Gasteiger partial charge in [-0.1, -0.05) is 159 Å². The number of anilines is 1. The lowest BCUT2D eigenvalue weighted by Crippen LogP contribution is -2.41. The van der Waals surface area contributed by atoms with Crippen molar-refractivity contribution in [2.24, 2.45) is 11.8 Å². The van der Waals surface area contributed by atoms with Crippen molar-refractivity contribution in [3.05, 3.63) is 59.6 Å². The molecule has 6 nitrogen and oxygen atoms in total. The van der Waals surface area contributed by atoms with Crippen LogP contribution < -0.4 is 10.2 Å². The van der Waals surface area contributed by atoms with Gasteiger partial charge in [0.2, 0.25) is 0 Å². The standard InChI is InChI=1S/C49H72ClFN6/c50-41-27-28-45(51)43(34-41)49-44(37-54-56-49)46-29-30-47-48(55-46)35-42(36-53-47)57-33-32-52-31-23-21-19-17-15-13-11-9-7-5-3-1-2-4-6-8-10-12-14-16-18-20-22-24-39-25-26-40(39)38-57/h27-30,34-37,39-40,52H,1-26,31-33,38H2,(H,54,56). The van der Waals surface area contributed by atoms with Crippen molar-refractivity contribution >= 4 is 28.3 Å². The maximum atomic E-state index is 14.9. The fraction of sp³-hybridized carbons (Fsp3) is 0.653. The molecule has 8 heteroatoms. The van der Waals surface area contributed by atoms with E-state index in [1.54, 1.807) is 18.3 Å². The van der Waals surface area contributed by atoms with E-state index >= 15 is 0 Å². The Morgan fingerprint density at radius 3 is 1.79 bits per heavy atom. The molecule has 2 atom stereocenters. The first-order valence-electron chi connectivity index (χ1n) is 23.4. The molecule has 2 aliphatic rings. The Labute approximate surface area is 349 Å². The van der Waals surface area contributed by atoms with Crippen molar-refractivity contribution in [1.82, 2.24) is 25.5 Å².